The topological polar surface area (TPSA) is 109 Å². The predicted molar refractivity (Wildman–Crippen MR) is 87.0 cm³/mol. The molecule has 0 radical (unpaired) electrons. The number of piperidine rings is 1. The van der Waals surface area contributed by atoms with Crippen LogP contribution in [0.2, 0.25) is 0 Å². The molecule has 1 saturated carbocycles. The molecule has 2 fully saturated rings. The van der Waals surface area contributed by atoms with E-state index in [1.54, 1.807) is 11.8 Å². The first-order valence-corrected chi connectivity index (χ1v) is 8.33. The average molecular weight is 325 g/mol. The smallest absolute Gasteiger partial charge is 0.409 e. The average Bonchev–Trinajstić information content (AvgIpc) is 3.36. The summed E-state index contributed by atoms with van der Waals surface area (Å²) in [6, 6.07) is 0.166. The molecule has 2 aliphatic rings. The number of nitrogens with two attached hydrogens (primary N) is 1. The molecule has 0 aromatic carbocycles. The van der Waals surface area contributed by atoms with Gasteiger partial charge in [0.15, 0.2) is 5.96 Å². The molecule has 4 N–H and O–H groups in total. The Hall–Kier alpha value is -1.99. The van der Waals surface area contributed by atoms with Crippen LogP contribution in [0, 0.1) is 5.92 Å². The minimum Gasteiger partial charge on any atom is -0.450 e. The molecule has 0 spiro atoms. The highest BCUT2D eigenvalue weighted by atomic mass is 16.6. The fraction of sp³-hybridized carbons (Fsp3) is 0.800. The SMILES string of the molecule is CCOC(=O)N1CCC(NC(N)=NCC(=O)NCC2CC2)CC1. The van der Waals surface area contributed by atoms with Gasteiger partial charge >= 0.3 is 6.09 Å². The molecule has 8 heteroatoms. The van der Waals surface area contributed by atoms with Gasteiger partial charge in [-0.3, -0.25) is 4.79 Å². The van der Waals surface area contributed by atoms with Gasteiger partial charge in [0.25, 0.3) is 0 Å². The van der Waals surface area contributed by atoms with Crippen LogP contribution in [0.3, 0.4) is 0 Å². The third-order valence-corrected chi connectivity index (χ3v) is 4.05. The summed E-state index contributed by atoms with van der Waals surface area (Å²) in [4.78, 5) is 29.0. The summed E-state index contributed by atoms with van der Waals surface area (Å²) in [5, 5.41) is 5.96. The van der Waals surface area contributed by atoms with Gasteiger partial charge in [0.05, 0.1) is 6.61 Å². The normalized spacial score (nSPS) is 19.3. The van der Waals surface area contributed by atoms with Crippen LogP contribution >= 0.6 is 0 Å². The third-order valence-electron chi connectivity index (χ3n) is 4.05. The summed E-state index contributed by atoms with van der Waals surface area (Å²) < 4.78 is 4.98. The molecule has 0 aromatic heterocycles. The fourth-order valence-electron chi connectivity index (χ4n) is 2.47. The van der Waals surface area contributed by atoms with Gasteiger partial charge in [-0.25, -0.2) is 9.79 Å². The number of hydrogen-bond donors (Lipinski definition) is 3. The van der Waals surface area contributed by atoms with Crippen LogP contribution < -0.4 is 16.4 Å². The number of aliphatic imine (C=N–C) groups is 1. The van der Waals surface area contributed by atoms with Crippen molar-refractivity contribution >= 4 is 18.0 Å². The number of guanidine groups is 1. The maximum Gasteiger partial charge on any atom is 0.409 e. The van der Waals surface area contributed by atoms with Gasteiger partial charge in [0, 0.05) is 25.7 Å². The van der Waals surface area contributed by atoms with Crippen LogP contribution in [0.25, 0.3) is 0 Å². The van der Waals surface area contributed by atoms with Crippen molar-refractivity contribution < 1.29 is 14.3 Å². The Morgan fingerprint density at radius 1 is 1.26 bits per heavy atom. The number of carbonyl (C=O) groups excluding carboxylic acids is 2. The third kappa shape index (κ3) is 6.33. The van der Waals surface area contributed by atoms with Gasteiger partial charge in [0.2, 0.25) is 5.91 Å². The molecule has 1 heterocycles. The second-order valence-electron chi connectivity index (χ2n) is 6.05. The highest BCUT2D eigenvalue weighted by molar-refractivity contribution is 5.84. The summed E-state index contributed by atoms with van der Waals surface area (Å²) in [6.45, 7) is 4.24. The summed E-state index contributed by atoms with van der Waals surface area (Å²) in [5.74, 6) is 0.836. The van der Waals surface area contributed by atoms with E-state index in [1.165, 1.54) is 12.8 Å². The second kappa shape index (κ2) is 8.59. The van der Waals surface area contributed by atoms with E-state index in [9.17, 15) is 9.59 Å². The van der Waals surface area contributed by atoms with Gasteiger partial charge in [-0.1, -0.05) is 0 Å². The molecular weight excluding hydrogens is 298 g/mol. The van der Waals surface area contributed by atoms with Crippen LogP contribution in [0.15, 0.2) is 4.99 Å². The molecular formula is C15H27N5O3. The standard InChI is InChI=1S/C15H27N5O3/c1-2-23-15(22)20-7-5-12(6-8-20)19-14(16)18-10-13(21)17-9-11-3-4-11/h11-12H,2-10H2,1H3,(H,17,21)(H3,16,18,19). The monoisotopic (exact) mass is 325 g/mol. The van der Waals surface area contributed by atoms with Crippen LogP contribution in [0.4, 0.5) is 4.79 Å². The van der Waals surface area contributed by atoms with Crippen molar-refractivity contribution in [2.24, 2.45) is 16.6 Å². The zero-order chi connectivity index (χ0) is 16.7. The Labute approximate surface area is 136 Å². The molecule has 2 amide bonds. The Bertz CT molecular complexity index is 442. The van der Waals surface area contributed by atoms with E-state index in [4.69, 9.17) is 10.5 Å². The quantitative estimate of drug-likeness (QED) is 0.472. The Kier molecular flexibility index (Phi) is 6.49. The Morgan fingerprint density at radius 2 is 1.96 bits per heavy atom. The van der Waals surface area contributed by atoms with Crippen LogP contribution in [0.5, 0.6) is 0 Å². The minimum absolute atomic E-state index is 0.0488. The van der Waals surface area contributed by atoms with E-state index < -0.39 is 0 Å². The minimum atomic E-state index is -0.264. The van der Waals surface area contributed by atoms with Gasteiger partial charge < -0.3 is 26.0 Å². The van der Waals surface area contributed by atoms with Crippen molar-refractivity contribution in [3.8, 4) is 0 Å². The zero-order valence-electron chi connectivity index (χ0n) is 13.7. The molecule has 0 atom stereocenters. The van der Waals surface area contributed by atoms with E-state index >= 15 is 0 Å². The summed E-state index contributed by atoms with van der Waals surface area (Å²) in [5.41, 5.74) is 5.82. The first kappa shape index (κ1) is 17.4. The Morgan fingerprint density at radius 3 is 2.57 bits per heavy atom. The summed E-state index contributed by atoms with van der Waals surface area (Å²) >= 11 is 0. The van der Waals surface area contributed by atoms with Gasteiger partial charge in [-0.2, -0.15) is 0 Å². The largest absolute Gasteiger partial charge is 0.450 e. The van der Waals surface area contributed by atoms with Gasteiger partial charge in [0.1, 0.15) is 6.54 Å². The molecule has 1 saturated heterocycles. The van der Waals surface area contributed by atoms with E-state index in [-0.39, 0.29) is 30.5 Å². The molecule has 1 aliphatic heterocycles. The number of carbonyl (C=O) groups is 2. The highest BCUT2D eigenvalue weighted by Gasteiger charge is 2.24. The lowest BCUT2D eigenvalue weighted by Crippen LogP contribution is -2.48. The molecule has 1 aliphatic carbocycles. The van der Waals surface area contributed by atoms with E-state index in [2.05, 4.69) is 15.6 Å². The molecule has 0 bridgehead atoms. The summed E-state index contributed by atoms with van der Waals surface area (Å²) in [6.07, 6.45) is 3.71. The lowest BCUT2D eigenvalue weighted by molar-refractivity contribution is -0.119. The van der Waals surface area contributed by atoms with Gasteiger partial charge in [-0.05, 0) is 38.5 Å². The molecule has 0 unspecified atom stereocenters. The molecule has 2 rings (SSSR count). The van der Waals surface area contributed by atoms with E-state index in [0.29, 0.717) is 25.6 Å². The number of likely N-dealkylation sites (tertiary alicyclic amines) is 1. The number of amides is 2. The summed E-state index contributed by atoms with van der Waals surface area (Å²) in [7, 11) is 0. The fourth-order valence-corrected chi connectivity index (χ4v) is 2.47. The number of nitrogens with zero attached hydrogens (tertiary/aromatic N) is 2. The molecule has 0 aromatic rings. The van der Waals surface area contributed by atoms with Crippen molar-refractivity contribution in [3.63, 3.8) is 0 Å². The maximum absolute atomic E-state index is 11.6. The second-order valence-corrected chi connectivity index (χ2v) is 6.05. The van der Waals surface area contributed by atoms with Crippen molar-refractivity contribution in [2.75, 3.05) is 32.8 Å². The molecule has 8 nitrogen and oxygen atoms in total. The number of nitrogens with one attached hydrogen (secondary N) is 2. The van der Waals surface area contributed by atoms with Crippen molar-refractivity contribution in [1.29, 1.82) is 0 Å². The molecule has 130 valence electrons. The zero-order valence-corrected chi connectivity index (χ0v) is 13.7. The van der Waals surface area contributed by atoms with Gasteiger partial charge in [-0.15, -0.1) is 0 Å². The van der Waals surface area contributed by atoms with E-state index in [0.717, 1.165) is 19.4 Å². The van der Waals surface area contributed by atoms with Crippen molar-refractivity contribution in [1.82, 2.24) is 15.5 Å². The van der Waals surface area contributed by atoms with E-state index in [1.807, 2.05) is 0 Å². The van der Waals surface area contributed by atoms with Crippen molar-refractivity contribution in [2.45, 2.75) is 38.6 Å². The molecule has 23 heavy (non-hydrogen) atoms. The number of rotatable bonds is 6. The first-order chi connectivity index (χ1) is 11.1. The lowest BCUT2D eigenvalue weighted by Gasteiger charge is -2.31. The van der Waals surface area contributed by atoms with Crippen LogP contribution in [0.1, 0.15) is 32.6 Å². The Balaban J connectivity index is 1.63. The van der Waals surface area contributed by atoms with Crippen LogP contribution in [-0.4, -0.2) is 61.7 Å². The predicted octanol–water partition coefficient (Wildman–Crippen LogP) is 0.0378. The number of hydrogen-bond acceptors (Lipinski definition) is 4. The van der Waals surface area contributed by atoms with Crippen LogP contribution in [-0.2, 0) is 9.53 Å². The van der Waals surface area contributed by atoms with Crippen molar-refractivity contribution in [3.05, 3.63) is 0 Å². The number of ether oxygens (including phenoxy) is 1. The highest BCUT2D eigenvalue weighted by Crippen LogP contribution is 2.27. The maximum atomic E-state index is 11.6. The first-order valence-electron chi connectivity index (χ1n) is 8.33. The lowest BCUT2D eigenvalue weighted by atomic mass is 10.1.